The second-order valence-corrected chi connectivity index (χ2v) is 19.1. The first-order valence-corrected chi connectivity index (χ1v) is 24.4. The van der Waals surface area contributed by atoms with E-state index in [-0.39, 0.29) is 35.7 Å². The highest BCUT2D eigenvalue weighted by atomic mass is 16.2. The van der Waals surface area contributed by atoms with Crippen LogP contribution in [0.4, 0.5) is 0 Å². The Kier molecular flexibility index (Phi) is 35.2. The quantitative estimate of drug-likeness (QED) is 0.0364. The van der Waals surface area contributed by atoms with Gasteiger partial charge in [0.1, 0.15) is 0 Å². The number of quaternary nitrogens is 2. The lowest BCUT2D eigenvalue weighted by atomic mass is 10.1. The van der Waals surface area contributed by atoms with Crippen molar-refractivity contribution in [2.24, 2.45) is 0 Å². The van der Waals surface area contributed by atoms with E-state index >= 15 is 0 Å². The summed E-state index contributed by atoms with van der Waals surface area (Å²) >= 11 is 0. The van der Waals surface area contributed by atoms with Crippen LogP contribution in [0, 0.1) is 0 Å². The largest absolute Gasteiger partial charge is 0.356 e. The predicted octanol–water partition coefficient (Wildman–Crippen LogP) is 9.34. The molecule has 0 saturated heterocycles. The number of hydrogen-bond acceptors (Lipinski definition) is 4. The summed E-state index contributed by atoms with van der Waals surface area (Å²) < 4.78 is 1.17. The molecule has 0 unspecified atom stereocenters. The first kappa shape index (κ1) is 55.8. The minimum atomic E-state index is -0.116. The van der Waals surface area contributed by atoms with Crippen LogP contribution < -0.4 is 21.3 Å². The van der Waals surface area contributed by atoms with Gasteiger partial charge in [-0.15, -0.1) is 0 Å². The molecule has 0 heterocycles. The molecule has 0 aromatic rings. The van der Waals surface area contributed by atoms with Crippen LogP contribution in [0.5, 0.6) is 0 Å². The maximum absolute atomic E-state index is 13.1. The third kappa shape index (κ3) is 33.6. The lowest BCUT2D eigenvalue weighted by Gasteiger charge is -2.33. The summed E-state index contributed by atoms with van der Waals surface area (Å²) in [5, 5.41) is 12.5. The SMILES string of the molecule is CCCCCCCCCCCC(=O)NCCCC[C@@H](C(=O)NCCCCCCNC(=O)[C@H](CCCCNC(=O)CCCCCCCCCCC)[N+](C)(C)C)[N+](C)(C)C. The molecular weight excluding hydrogens is 725 g/mol. The third-order valence-electron chi connectivity index (χ3n) is 11.6. The molecule has 2 atom stereocenters. The Morgan fingerprint density at radius 1 is 0.345 bits per heavy atom. The second kappa shape index (κ2) is 36.6. The van der Waals surface area contributed by atoms with Crippen molar-refractivity contribution in [3.8, 4) is 0 Å². The fourth-order valence-corrected chi connectivity index (χ4v) is 7.75. The van der Waals surface area contributed by atoms with Gasteiger partial charge in [0, 0.05) is 51.9 Å². The van der Waals surface area contributed by atoms with Crippen molar-refractivity contribution in [1.29, 1.82) is 0 Å². The van der Waals surface area contributed by atoms with Gasteiger partial charge in [0.05, 0.1) is 42.3 Å². The molecule has 58 heavy (non-hydrogen) atoms. The summed E-state index contributed by atoms with van der Waals surface area (Å²) in [7, 11) is 12.5. The van der Waals surface area contributed by atoms with Gasteiger partial charge in [-0.05, 0) is 51.4 Å². The van der Waals surface area contributed by atoms with E-state index in [0.29, 0.717) is 48.0 Å². The molecule has 4 amide bonds. The highest BCUT2D eigenvalue weighted by molar-refractivity contribution is 5.81. The van der Waals surface area contributed by atoms with Crippen molar-refractivity contribution in [2.75, 3.05) is 68.5 Å². The molecule has 0 aromatic heterocycles. The van der Waals surface area contributed by atoms with Crippen molar-refractivity contribution in [3.63, 3.8) is 0 Å². The zero-order valence-electron chi connectivity index (χ0n) is 39.7. The number of carbonyl (C=O) groups is 4. The maximum atomic E-state index is 13.1. The number of unbranched alkanes of at least 4 members (excludes halogenated alkanes) is 21. The van der Waals surface area contributed by atoms with Gasteiger partial charge < -0.3 is 30.2 Å². The molecule has 0 radical (unpaired) electrons. The highest BCUT2D eigenvalue weighted by Crippen LogP contribution is 2.15. The summed E-state index contributed by atoms with van der Waals surface area (Å²) in [6.45, 7) is 7.19. The number of nitrogens with zero attached hydrogens (tertiary/aromatic N) is 2. The van der Waals surface area contributed by atoms with E-state index in [1.807, 2.05) is 0 Å². The molecule has 0 bridgehead atoms. The zero-order valence-corrected chi connectivity index (χ0v) is 39.7. The fourth-order valence-electron chi connectivity index (χ4n) is 7.75. The van der Waals surface area contributed by atoms with Crippen molar-refractivity contribution >= 4 is 23.6 Å². The van der Waals surface area contributed by atoms with Gasteiger partial charge in [0.2, 0.25) is 11.8 Å². The van der Waals surface area contributed by atoms with Crippen LogP contribution in [-0.4, -0.2) is 113 Å². The molecule has 0 aliphatic heterocycles. The van der Waals surface area contributed by atoms with Gasteiger partial charge in [-0.25, -0.2) is 0 Å². The molecule has 0 rings (SSSR count). The standard InChI is InChI=1S/C48H96N6O4/c1-9-11-13-15-17-19-21-23-27-37-45(55)49-39-33-29-35-43(53(3,4)5)47(57)51-41-31-25-26-32-42-52-48(58)44(54(6,7)8)36-30-34-40-50-46(56)38-28-24-22-20-18-16-14-12-10-2/h43-44H,9-42H2,1-8H3,(H2-2,49,50,51,52,55,56,57,58)/p+2/t43-,44-/m0/s1. The van der Waals surface area contributed by atoms with Crippen LogP contribution in [0.15, 0.2) is 0 Å². The molecule has 0 saturated carbocycles. The Morgan fingerprint density at radius 3 is 0.914 bits per heavy atom. The van der Waals surface area contributed by atoms with Crippen molar-refractivity contribution in [1.82, 2.24) is 21.3 Å². The van der Waals surface area contributed by atoms with Crippen LogP contribution in [0.3, 0.4) is 0 Å². The zero-order chi connectivity index (χ0) is 43.3. The molecule has 0 spiro atoms. The summed E-state index contributed by atoms with van der Waals surface area (Å²) in [6.07, 6.45) is 32.9. The molecule has 0 aromatic carbocycles. The second-order valence-electron chi connectivity index (χ2n) is 19.1. The average molecular weight is 823 g/mol. The molecule has 342 valence electrons. The first-order chi connectivity index (χ1) is 27.7. The minimum absolute atomic E-state index is 0.108. The number of amides is 4. The third-order valence-corrected chi connectivity index (χ3v) is 11.6. The van der Waals surface area contributed by atoms with Gasteiger partial charge in [-0.2, -0.15) is 0 Å². The van der Waals surface area contributed by atoms with Gasteiger partial charge in [0.25, 0.3) is 11.8 Å². The van der Waals surface area contributed by atoms with Crippen molar-refractivity contribution < 1.29 is 28.1 Å². The Bertz CT molecular complexity index is 945. The highest BCUT2D eigenvalue weighted by Gasteiger charge is 2.31. The lowest BCUT2D eigenvalue weighted by molar-refractivity contribution is -0.886. The van der Waals surface area contributed by atoms with Gasteiger partial charge in [-0.1, -0.05) is 129 Å². The van der Waals surface area contributed by atoms with E-state index in [1.165, 1.54) is 89.9 Å². The number of hydrogen-bond donors (Lipinski definition) is 4. The Hall–Kier alpha value is -2.20. The van der Waals surface area contributed by atoms with Gasteiger partial charge in [0.15, 0.2) is 12.1 Å². The van der Waals surface area contributed by atoms with Crippen LogP contribution in [0.25, 0.3) is 0 Å². The molecular formula is C48H98N6O4+2. The lowest BCUT2D eigenvalue weighted by Crippen LogP contribution is -2.54. The van der Waals surface area contributed by atoms with E-state index < -0.39 is 0 Å². The smallest absolute Gasteiger partial charge is 0.278 e. The van der Waals surface area contributed by atoms with Gasteiger partial charge >= 0.3 is 0 Å². The Balaban J connectivity index is 4.11. The average Bonchev–Trinajstić information content (AvgIpc) is 3.16. The van der Waals surface area contributed by atoms with E-state index in [4.69, 9.17) is 0 Å². The summed E-state index contributed by atoms with van der Waals surface area (Å²) in [4.78, 5) is 50.8. The van der Waals surface area contributed by atoms with E-state index in [0.717, 1.165) is 89.9 Å². The Morgan fingerprint density at radius 2 is 0.603 bits per heavy atom. The summed E-state index contributed by atoms with van der Waals surface area (Å²) in [6, 6.07) is -0.231. The number of likely N-dealkylation sites (N-methyl/N-ethyl adjacent to an activating group) is 2. The number of nitrogens with one attached hydrogen (secondary N) is 4. The number of carbonyl (C=O) groups excluding carboxylic acids is 4. The first-order valence-electron chi connectivity index (χ1n) is 24.4. The molecule has 0 fully saturated rings. The normalized spacial score (nSPS) is 12.9. The molecule has 10 heteroatoms. The van der Waals surface area contributed by atoms with E-state index in [9.17, 15) is 19.2 Å². The minimum Gasteiger partial charge on any atom is -0.356 e. The van der Waals surface area contributed by atoms with E-state index in [1.54, 1.807) is 0 Å². The molecule has 0 aliphatic carbocycles. The van der Waals surface area contributed by atoms with Crippen LogP contribution in [0.1, 0.15) is 206 Å². The maximum Gasteiger partial charge on any atom is 0.278 e. The summed E-state index contributed by atoms with van der Waals surface area (Å²) in [5.74, 6) is 0.529. The monoisotopic (exact) mass is 823 g/mol. The number of rotatable bonds is 41. The molecule has 0 aliphatic rings. The summed E-state index contributed by atoms with van der Waals surface area (Å²) in [5.41, 5.74) is 0. The molecule has 4 N–H and O–H groups in total. The van der Waals surface area contributed by atoms with Crippen LogP contribution in [0.2, 0.25) is 0 Å². The molecule has 10 nitrogen and oxygen atoms in total. The fraction of sp³-hybridized carbons (Fsp3) is 0.917. The predicted molar refractivity (Wildman–Crippen MR) is 246 cm³/mol. The van der Waals surface area contributed by atoms with Crippen molar-refractivity contribution in [3.05, 3.63) is 0 Å². The van der Waals surface area contributed by atoms with Crippen molar-refractivity contribution in [2.45, 2.75) is 219 Å². The Labute approximate surface area is 359 Å². The van der Waals surface area contributed by atoms with Gasteiger partial charge in [-0.3, -0.25) is 19.2 Å². The topological polar surface area (TPSA) is 116 Å². The van der Waals surface area contributed by atoms with E-state index in [2.05, 4.69) is 77.4 Å². The van der Waals surface area contributed by atoms with Crippen LogP contribution in [-0.2, 0) is 19.2 Å². The van der Waals surface area contributed by atoms with Crippen LogP contribution >= 0.6 is 0 Å².